The first kappa shape index (κ1) is 10.6. The minimum absolute atomic E-state index is 0.453. The van der Waals surface area contributed by atoms with E-state index in [-0.39, 0.29) is 0 Å². The number of rotatable bonds is 3. The van der Waals surface area contributed by atoms with Crippen LogP contribution >= 0.6 is 0 Å². The number of aromatic nitrogens is 1. The van der Waals surface area contributed by atoms with E-state index in [4.69, 9.17) is 15.3 Å². The highest BCUT2D eigenvalue weighted by molar-refractivity contribution is 5.90. The van der Waals surface area contributed by atoms with Crippen LogP contribution in [0, 0.1) is 0 Å². The Morgan fingerprint density at radius 3 is 2.20 bits per heavy atom. The van der Waals surface area contributed by atoms with E-state index in [1.165, 1.54) is 0 Å². The number of carbonyl (C=O) groups is 2. The first-order valence-electron chi connectivity index (χ1n) is 3.73. The summed E-state index contributed by atoms with van der Waals surface area (Å²) >= 11 is 0. The highest BCUT2D eigenvalue weighted by Crippen LogP contribution is 2.18. The van der Waals surface area contributed by atoms with Crippen molar-refractivity contribution < 1.29 is 29.7 Å². The fourth-order valence-corrected chi connectivity index (χ4v) is 0.755. The van der Waals surface area contributed by atoms with E-state index in [2.05, 4.69) is 4.84 Å². The van der Waals surface area contributed by atoms with E-state index < -0.39 is 23.7 Å². The number of hydrogen-bond acceptors (Lipinski definition) is 5. The molecule has 0 saturated carbocycles. The Morgan fingerprint density at radius 1 is 1.20 bits per heavy atom. The van der Waals surface area contributed by atoms with Gasteiger partial charge in [0.15, 0.2) is 0 Å². The molecule has 1 aromatic heterocycles. The van der Waals surface area contributed by atoms with Gasteiger partial charge in [0, 0.05) is 24.3 Å². The third kappa shape index (κ3) is 2.76. The van der Waals surface area contributed by atoms with Gasteiger partial charge in [0.25, 0.3) is 0 Å². The van der Waals surface area contributed by atoms with Gasteiger partial charge in [-0.2, -0.15) is 0 Å². The highest BCUT2D eigenvalue weighted by Gasteiger charge is 2.09. The molecule has 1 rings (SSSR count). The van der Waals surface area contributed by atoms with Crippen molar-refractivity contribution in [1.29, 1.82) is 0 Å². The first-order chi connectivity index (χ1) is 7.00. The predicted molar refractivity (Wildman–Crippen MR) is 46.1 cm³/mol. The maximum Gasteiger partial charge on any atom is 0.357 e. The molecule has 0 atom stereocenters. The third-order valence-electron chi connectivity index (χ3n) is 1.34. The standard InChI is InChI=1S/C8H7NO6/c10-5-1-2-6(11)9(5)15-8(14)4-3-7(12)13/h1-4,10-11H,(H,12,13). The lowest BCUT2D eigenvalue weighted by atomic mass is 10.5. The molecular formula is C8H7NO6. The zero-order chi connectivity index (χ0) is 11.4. The van der Waals surface area contributed by atoms with Crippen molar-refractivity contribution in [3.63, 3.8) is 0 Å². The van der Waals surface area contributed by atoms with Gasteiger partial charge in [-0.25, -0.2) is 9.59 Å². The lowest BCUT2D eigenvalue weighted by Crippen LogP contribution is -2.16. The number of nitrogens with zero attached hydrogens (tertiary/aromatic N) is 1. The summed E-state index contributed by atoms with van der Waals surface area (Å²) in [6, 6.07) is 2.20. The molecule has 15 heavy (non-hydrogen) atoms. The largest absolute Gasteiger partial charge is 0.492 e. The van der Waals surface area contributed by atoms with Gasteiger partial charge < -0.3 is 20.2 Å². The Kier molecular flexibility index (Phi) is 2.97. The fraction of sp³-hybridized carbons (Fsp3) is 0. The molecule has 0 aliphatic carbocycles. The van der Waals surface area contributed by atoms with E-state index in [9.17, 15) is 9.59 Å². The van der Waals surface area contributed by atoms with E-state index in [1.807, 2.05) is 0 Å². The summed E-state index contributed by atoms with van der Waals surface area (Å²) in [6.45, 7) is 0. The molecule has 0 unspecified atom stereocenters. The molecule has 1 heterocycles. The number of aromatic hydroxyl groups is 2. The lowest BCUT2D eigenvalue weighted by Gasteiger charge is -2.03. The van der Waals surface area contributed by atoms with Crippen LogP contribution in [0.15, 0.2) is 24.3 Å². The summed E-state index contributed by atoms with van der Waals surface area (Å²) < 4.78 is 0.453. The van der Waals surface area contributed by atoms with Gasteiger partial charge in [0.05, 0.1) is 0 Å². The van der Waals surface area contributed by atoms with Crippen molar-refractivity contribution in [2.45, 2.75) is 0 Å². The number of carboxylic acid groups (broad SMARTS) is 1. The van der Waals surface area contributed by atoms with E-state index in [1.54, 1.807) is 0 Å². The maximum absolute atomic E-state index is 10.9. The topological polar surface area (TPSA) is 109 Å². The van der Waals surface area contributed by atoms with Crippen LogP contribution in [0.3, 0.4) is 0 Å². The number of carboxylic acids is 1. The fourth-order valence-electron chi connectivity index (χ4n) is 0.755. The summed E-state index contributed by atoms with van der Waals surface area (Å²) in [6.07, 6.45) is 1.21. The summed E-state index contributed by atoms with van der Waals surface area (Å²) in [5.74, 6) is -3.32. The SMILES string of the molecule is O=C(O)C=CC(=O)On1c(O)ccc1O. The van der Waals surface area contributed by atoms with E-state index in [0.29, 0.717) is 16.9 Å². The van der Waals surface area contributed by atoms with Gasteiger partial charge in [0.1, 0.15) is 0 Å². The lowest BCUT2D eigenvalue weighted by molar-refractivity contribution is -0.140. The number of hydrogen-bond donors (Lipinski definition) is 3. The van der Waals surface area contributed by atoms with Gasteiger partial charge in [-0.05, 0) is 0 Å². The molecule has 0 aliphatic rings. The molecular weight excluding hydrogens is 206 g/mol. The van der Waals surface area contributed by atoms with Gasteiger partial charge >= 0.3 is 11.9 Å². The minimum atomic E-state index is -1.31. The van der Waals surface area contributed by atoms with Crippen LogP contribution in [0.4, 0.5) is 0 Å². The second-order valence-corrected chi connectivity index (χ2v) is 2.43. The molecule has 0 aromatic carbocycles. The Hall–Kier alpha value is -2.44. The van der Waals surface area contributed by atoms with Crippen molar-refractivity contribution in [2.24, 2.45) is 0 Å². The van der Waals surface area contributed by atoms with Crippen LogP contribution < -0.4 is 4.84 Å². The molecule has 80 valence electrons. The van der Waals surface area contributed by atoms with Crippen LogP contribution in [-0.4, -0.2) is 32.0 Å². The zero-order valence-electron chi connectivity index (χ0n) is 7.32. The molecule has 0 spiro atoms. The second-order valence-electron chi connectivity index (χ2n) is 2.43. The first-order valence-corrected chi connectivity index (χ1v) is 3.73. The van der Waals surface area contributed by atoms with Crippen molar-refractivity contribution in [2.75, 3.05) is 0 Å². The van der Waals surface area contributed by atoms with Crippen molar-refractivity contribution >= 4 is 11.9 Å². The number of aliphatic carboxylic acids is 1. The molecule has 0 saturated heterocycles. The average molecular weight is 213 g/mol. The van der Waals surface area contributed by atoms with Crippen LogP contribution in [-0.2, 0) is 9.59 Å². The Morgan fingerprint density at radius 2 is 1.73 bits per heavy atom. The van der Waals surface area contributed by atoms with Gasteiger partial charge in [-0.3, -0.25) is 0 Å². The van der Waals surface area contributed by atoms with Crippen molar-refractivity contribution in [1.82, 2.24) is 4.73 Å². The zero-order valence-corrected chi connectivity index (χ0v) is 7.32. The quantitative estimate of drug-likeness (QED) is 0.584. The van der Waals surface area contributed by atoms with Crippen LogP contribution in [0.1, 0.15) is 0 Å². The summed E-state index contributed by atoms with van der Waals surface area (Å²) in [4.78, 5) is 25.3. The minimum Gasteiger partial charge on any atom is -0.492 e. The average Bonchev–Trinajstić information content (AvgIpc) is 2.46. The molecule has 7 heteroatoms. The molecule has 0 aliphatic heterocycles. The van der Waals surface area contributed by atoms with E-state index in [0.717, 1.165) is 12.1 Å². The summed E-state index contributed by atoms with van der Waals surface area (Å²) in [5, 5.41) is 26.3. The van der Waals surface area contributed by atoms with E-state index >= 15 is 0 Å². The molecule has 0 radical (unpaired) electrons. The Balaban J connectivity index is 2.71. The highest BCUT2D eigenvalue weighted by atomic mass is 16.7. The van der Waals surface area contributed by atoms with Crippen LogP contribution in [0.5, 0.6) is 11.8 Å². The third-order valence-corrected chi connectivity index (χ3v) is 1.34. The normalized spacial score (nSPS) is 10.4. The van der Waals surface area contributed by atoms with Crippen molar-refractivity contribution in [3.05, 3.63) is 24.3 Å². The van der Waals surface area contributed by atoms with Gasteiger partial charge in [0.2, 0.25) is 11.8 Å². The van der Waals surface area contributed by atoms with Crippen LogP contribution in [0.25, 0.3) is 0 Å². The molecule has 0 fully saturated rings. The van der Waals surface area contributed by atoms with Crippen LogP contribution in [0.2, 0.25) is 0 Å². The predicted octanol–water partition coefficient (Wildman–Crippen LogP) is -0.505. The summed E-state index contributed by atoms with van der Waals surface area (Å²) in [5.41, 5.74) is 0. The molecule has 7 nitrogen and oxygen atoms in total. The Bertz CT molecular complexity index is 399. The smallest absolute Gasteiger partial charge is 0.357 e. The molecule has 0 bridgehead atoms. The van der Waals surface area contributed by atoms with Gasteiger partial charge in [-0.15, -0.1) is 4.73 Å². The molecule has 1 aromatic rings. The second kappa shape index (κ2) is 4.18. The summed E-state index contributed by atoms with van der Waals surface area (Å²) in [7, 11) is 0. The molecule has 3 N–H and O–H groups in total. The molecule has 0 amide bonds. The van der Waals surface area contributed by atoms with Gasteiger partial charge in [-0.1, -0.05) is 0 Å². The number of carbonyl (C=O) groups excluding carboxylic acids is 1. The maximum atomic E-state index is 10.9. The Labute approximate surface area is 83.4 Å². The van der Waals surface area contributed by atoms with Crippen molar-refractivity contribution in [3.8, 4) is 11.8 Å². The monoisotopic (exact) mass is 213 g/mol.